The quantitative estimate of drug-likeness (QED) is 0.546. The Morgan fingerprint density at radius 2 is 1.61 bits per heavy atom. The van der Waals surface area contributed by atoms with E-state index in [0.717, 1.165) is 12.7 Å². The molecule has 0 spiro atoms. The molecule has 0 bridgehead atoms. The van der Waals surface area contributed by atoms with E-state index in [1.54, 1.807) is 41.2 Å². The smallest absolute Gasteiger partial charge is 0.257 e. The van der Waals surface area contributed by atoms with Crippen LogP contribution in [-0.4, -0.2) is 76.2 Å². The van der Waals surface area contributed by atoms with E-state index in [1.165, 1.54) is 12.1 Å². The van der Waals surface area contributed by atoms with Gasteiger partial charge in [0, 0.05) is 38.9 Å². The zero-order valence-electron chi connectivity index (χ0n) is 19.0. The minimum Gasteiger partial charge on any atom is -0.496 e. The third-order valence-electron chi connectivity index (χ3n) is 5.53. The van der Waals surface area contributed by atoms with Gasteiger partial charge in [0.05, 0.1) is 24.2 Å². The molecule has 0 aromatic heterocycles. The Bertz CT molecular complexity index is 1070. The highest BCUT2D eigenvalue weighted by atomic mass is 32.2. The Morgan fingerprint density at radius 3 is 2.30 bits per heavy atom. The number of hydrogen-bond acceptors (Lipinski definition) is 6. The lowest BCUT2D eigenvalue weighted by atomic mass is 10.1. The molecule has 0 atom stereocenters. The second-order valence-corrected chi connectivity index (χ2v) is 9.94. The highest BCUT2D eigenvalue weighted by molar-refractivity contribution is 7.90. The van der Waals surface area contributed by atoms with Crippen LogP contribution in [0.25, 0.3) is 0 Å². The fourth-order valence-corrected chi connectivity index (χ4v) is 4.35. The lowest BCUT2D eigenvalue weighted by Crippen LogP contribution is -2.37. The number of methoxy groups -OCH3 is 1. The number of rotatable bonds is 8. The van der Waals surface area contributed by atoms with Gasteiger partial charge in [-0.05, 0) is 49.2 Å². The van der Waals surface area contributed by atoms with Gasteiger partial charge in [-0.25, -0.2) is 8.42 Å². The summed E-state index contributed by atoms with van der Waals surface area (Å²) in [5.74, 6) is 1.07. The van der Waals surface area contributed by atoms with Crippen molar-refractivity contribution in [3.05, 3.63) is 54.1 Å². The molecule has 178 valence electrons. The number of ether oxygens (including phenoxy) is 2. The van der Waals surface area contributed by atoms with E-state index in [-0.39, 0.29) is 16.7 Å². The van der Waals surface area contributed by atoms with Crippen molar-refractivity contribution in [2.75, 3.05) is 46.2 Å². The van der Waals surface area contributed by atoms with E-state index in [2.05, 4.69) is 0 Å². The molecule has 1 fully saturated rings. The van der Waals surface area contributed by atoms with Crippen LogP contribution in [-0.2, 0) is 14.6 Å². The fourth-order valence-electron chi connectivity index (χ4n) is 3.72. The maximum absolute atomic E-state index is 12.9. The lowest BCUT2D eigenvalue weighted by molar-refractivity contribution is -0.131. The summed E-state index contributed by atoms with van der Waals surface area (Å²) in [5, 5.41) is 0. The maximum atomic E-state index is 12.9. The van der Waals surface area contributed by atoms with Gasteiger partial charge in [0.2, 0.25) is 5.91 Å². The van der Waals surface area contributed by atoms with Crippen LogP contribution in [0.5, 0.6) is 11.5 Å². The number of carbonyl (C=O) groups is 2. The molecule has 33 heavy (non-hydrogen) atoms. The first kappa shape index (κ1) is 24.6. The van der Waals surface area contributed by atoms with Crippen molar-refractivity contribution in [2.45, 2.75) is 24.2 Å². The van der Waals surface area contributed by atoms with Gasteiger partial charge >= 0.3 is 0 Å². The van der Waals surface area contributed by atoms with Gasteiger partial charge in [-0.3, -0.25) is 9.59 Å². The van der Waals surface area contributed by atoms with Crippen LogP contribution in [0.15, 0.2) is 53.4 Å². The van der Waals surface area contributed by atoms with Crippen LogP contribution in [0.2, 0.25) is 0 Å². The molecule has 3 rings (SSSR count). The first-order chi connectivity index (χ1) is 15.8. The second kappa shape index (κ2) is 11.2. The molecule has 0 unspecified atom stereocenters. The monoisotopic (exact) mass is 474 g/mol. The van der Waals surface area contributed by atoms with Crippen molar-refractivity contribution >= 4 is 21.7 Å². The normalized spacial score (nSPS) is 14.5. The van der Waals surface area contributed by atoms with Crippen LogP contribution in [0.1, 0.15) is 29.6 Å². The summed E-state index contributed by atoms with van der Waals surface area (Å²) in [5.41, 5.74) is 0.529. The molecule has 1 saturated heterocycles. The van der Waals surface area contributed by atoms with E-state index >= 15 is 0 Å². The molecule has 1 aliphatic rings. The largest absolute Gasteiger partial charge is 0.496 e. The Morgan fingerprint density at radius 1 is 0.939 bits per heavy atom. The fraction of sp³-hybridized carbons (Fsp3) is 0.417. The van der Waals surface area contributed by atoms with Crippen LogP contribution in [0.4, 0.5) is 0 Å². The van der Waals surface area contributed by atoms with E-state index in [0.29, 0.717) is 62.7 Å². The van der Waals surface area contributed by atoms with Gasteiger partial charge in [-0.15, -0.1) is 0 Å². The van der Waals surface area contributed by atoms with Gasteiger partial charge in [0.15, 0.2) is 9.84 Å². The minimum atomic E-state index is -3.24. The molecule has 9 heteroatoms. The number of para-hydroxylation sites is 1. The van der Waals surface area contributed by atoms with Gasteiger partial charge in [0.1, 0.15) is 11.5 Å². The average molecular weight is 475 g/mol. The zero-order valence-corrected chi connectivity index (χ0v) is 19.8. The van der Waals surface area contributed by atoms with E-state index in [1.807, 2.05) is 12.1 Å². The molecule has 2 amide bonds. The minimum absolute atomic E-state index is 0.0395. The van der Waals surface area contributed by atoms with Crippen molar-refractivity contribution in [1.29, 1.82) is 0 Å². The summed E-state index contributed by atoms with van der Waals surface area (Å²) in [6.07, 6.45) is 2.77. The Hall–Kier alpha value is -3.07. The molecule has 1 aliphatic heterocycles. The highest BCUT2D eigenvalue weighted by Crippen LogP contribution is 2.20. The van der Waals surface area contributed by atoms with Gasteiger partial charge < -0.3 is 19.3 Å². The predicted molar refractivity (Wildman–Crippen MR) is 124 cm³/mol. The molecule has 8 nitrogen and oxygen atoms in total. The summed E-state index contributed by atoms with van der Waals surface area (Å²) in [6, 6.07) is 13.4. The van der Waals surface area contributed by atoms with Crippen LogP contribution < -0.4 is 9.47 Å². The number of hydrogen-bond donors (Lipinski definition) is 0. The highest BCUT2D eigenvalue weighted by Gasteiger charge is 2.24. The molecule has 2 aromatic rings. The number of nitrogens with zero attached hydrogens (tertiary/aromatic N) is 2. The second-order valence-electron chi connectivity index (χ2n) is 7.92. The van der Waals surface area contributed by atoms with E-state index in [9.17, 15) is 18.0 Å². The maximum Gasteiger partial charge on any atom is 0.257 e. The number of amides is 2. The standard InChI is InChI=1S/C24H30N2O6S/c1-31-22-8-4-3-7-21(22)24(28)26-15-6-14-25(16-17-26)23(27)9-5-18-32-19-10-12-20(13-11-19)33(2,29)30/h3-4,7-8,10-13H,5-6,9,14-18H2,1-2H3. The van der Waals surface area contributed by atoms with E-state index < -0.39 is 9.84 Å². The molecule has 2 aromatic carbocycles. The summed E-state index contributed by atoms with van der Waals surface area (Å²) < 4.78 is 33.9. The van der Waals surface area contributed by atoms with Gasteiger partial charge in [-0.2, -0.15) is 0 Å². The number of sulfone groups is 1. The first-order valence-electron chi connectivity index (χ1n) is 10.9. The molecule has 0 N–H and O–H groups in total. The van der Waals surface area contributed by atoms with Crippen LogP contribution in [0.3, 0.4) is 0 Å². The lowest BCUT2D eigenvalue weighted by Gasteiger charge is -2.23. The SMILES string of the molecule is COc1ccccc1C(=O)N1CCCN(C(=O)CCCOc2ccc(S(C)(=O)=O)cc2)CC1. The van der Waals surface area contributed by atoms with E-state index in [4.69, 9.17) is 9.47 Å². The van der Waals surface area contributed by atoms with Crippen molar-refractivity contribution in [3.63, 3.8) is 0 Å². The summed E-state index contributed by atoms with van der Waals surface area (Å²) in [4.78, 5) is 29.4. The molecule has 0 aliphatic carbocycles. The van der Waals surface area contributed by atoms with Crippen molar-refractivity contribution < 1.29 is 27.5 Å². The molecular weight excluding hydrogens is 444 g/mol. The molecule has 1 heterocycles. The van der Waals surface area contributed by atoms with Gasteiger partial charge in [0.25, 0.3) is 5.91 Å². The molecule has 0 saturated carbocycles. The Kier molecular flexibility index (Phi) is 8.32. The van der Waals surface area contributed by atoms with Crippen molar-refractivity contribution in [1.82, 2.24) is 9.80 Å². The zero-order chi connectivity index (χ0) is 23.8. The third kappa shape index (κ3) is 6.71. The van der Waals surface area contributed by atoms with Crippen LogP contribution >= 0.6 is 0 Å². The van der Waals surface area contributed by atoms with Crippen molar-refractivity contribution in [2.24, 2.45) is 0 Å². The Balaban J connectivity index is 1.44. The Labute approximate surface area is 195 Å². The average Bonchev–Trinajstić information content (AvgIpc) is 3.07. The topological polar surface area (TPSA) is 93.2 Å². The summed E-state index contributed by atoms with van der Waals surface area (Å²) >= 11 is 0. The predicted octanol–water partition coefficient (Wildman–Crippen LogP) is 2.63. The number of carbonyl (C=O) groups excluding carboxylic acids is 2. The van der Waals surface area contributed by atoms with Crippen molar-refractivity contribution in [3.8, 4) is 11.5 Å². The molecular formula is C24H30N2O6S. The third-order valence-corrected chi connectivity index (χ3v) is 6.66. The summed E-state index contributed by atoms with van der Waals surface area (Å²) in [6.45, 7) is 2.53. The van der Waals surface area contributed by atoms with Gasteiger partial charge in [-0.1, -0.05) is 12.1 Å². The molecule has 0 radical (unpaired) electrons. The van der Waals surface area contributed by atoms with Crippen LogP contribution in [0, 0.1) is 0 Å². The first-order valence-corrected chi connectivity index (χ1v) is 12.8. The number of benzene rings is 2. The summed E-state index contributed by atoms with van der Waals surface area (Å²) in [7, 11) is -1.69.